The molecule has 0 saturated carbocycles. The van der Waals surface area contributed by atoms with Crippen LogP contribution in [0, 0.1) is 11.3 Å². The molecule has 0 aromatic heterocycles. The summed E-state index contributed by atoms with van der Waals surface area (Å²) in [7, 11) is 0. The Hall–Kier alpha value is -0.0800. The van der Waals surface area contributed by atoms with Gasteiger partial charge in [0.25, 0.3) is 0 Å². The van der Waals surface area contributed by atoms with Crippen LogP contribution in [-0.4, -0.2) is 36.1 Å². The molecule has 2 heteroatoms. The smallest absolute Gasteiger partial charge is 0.0252 e. The lowest BCUT2D eigenvalue weighted by Gasteiger charge is -2.47. The molecule has 108 valence electrons. The standard InChI is InChI=1S/C16H34N2/c1-8-13(2)14-11-17-16(6,7)12-18(14)10-9-15(3,4)5/h13-14,17H,8-12H2,1-7H3. The summed E-state index contributed by atoms with van der Waals surface area (Å²) in [5, 5.41) is 3.71. The van der Waals surface area contributed by atoms with E-state index in [1.165, 1.54) is 25.9 Å². The first-order chi connectivity index (χ1) is 8.14. The Morgan fingerprint density at radius 2 is 1.94 bits per heavy atom. The monoisotopic (exact) mass is 254 g/mol. The fraction of sp³-hybridized carbons (Fsp3) is 1.00. The second kappa shape index (κ2) is 5.92. The van der Waals surface area contributed by atoms with Gasteiger partial charge in [0.15, 0.2) is 0 Å². The van der Waals surface area contributed by atoms with Crippen LogP contribution >= 0.6 is 0 Å². The van der Waals surface area contributed by atoms with Crippen molar-refractivity contribution in [3.63, 3.8) is 0 Å². The number of nitrogens with one attached hydrogen (secondary N) is 1. The average molecular weight is 254 g/mol. The van der Waals surface area contributed by atoms with Gasteiger partial charge < -0.3 is 5.32 Å². The van der Waals surface area contributed by atoms with Crippen molar-refractivity contribution < 1.29 is 0 Å². The number of hydrogen-bond acceptors (Lipinski definition) is 2. The Bertz CT molecular complexity index is 252. The van der Waals surface area contributed by atoms with E-state index in [2.05, 4.69) is 58.7 Å². The minimum Gasteiger partial charge on any atom is -0.309 e. The average Bonchev–Trinajstić information content (AvgIpc) is 2.23. The van der Waals surface area contributed by atoms with Crippen molar-refractivity contribution in [2.45, 2.75) is 72.9 Å². The van der Waals surface area contributed by atoms with Crippen molar-refractivity contribution in [1.29, 1.82) is 0 Å². The van der Waals surface area contributed by atoms with Crippen LogP contribution in [0.2, 0.25) is 0 Å². The van der Waals surface area contributed by atoms with Gasteiger partial charge in [-0.25, -0.2) is 0 Å². The van der Waals surface area contributed by atoms with Gasteiger partial charge in [-0.15, -0.1) is 0 Å². The topological polar surface area (TPSA) is 15.3 Å². The van der Waals surface area contributed by atoms with E-state index in [0.717, 1.165) is 12.5 Å². The van der Waals surface area contributed by atoms with Crippen molar-refractivity contribution in [2.24, 2.45) is 11.3 Å². The van der Waals surface area contributed by atoms with Crippen LogP contribution in [0.15, 0.2) is 0 Å². The minimum atomic E-state index is 0.266. The van der Waals surface area contributed by atoms with E-state index >= 15 is 0 Å². The van der Waals surface area contributed by atoms with Crippen LogP contribution < -0.4 is 5.32 Å². The SMILES string of the molecule is CCC(C)C1CNC(C)(C)CN1CCC(C)(C)C. The first kappa shape index (κ1) is 16.0. The van der Waals surface area contributed by atoms with Gasteiger partial charge in [-0.05, 0) is 38.1 Å². The molecule has 2 nitrogen and oxygen atoms in total. The highest BCUT2D eigenvalue weighted by molar-refractivity contribution is 4.94. The molecule has 1 fully saturated rings. The molecular formula is C16H34N2. The van der Waals surface area contributed by atoms with E-state index in [0.29, 0.717) is 11.5 Å². The highest BCUT2D eigenvalue weighted by atomic mass is 15.2. The van der Waals surface area contributed by atoms with Gasteiger partial charge in [-0.1, -0.05) is 41.0 Å². The van der Waals surface area contributed by atoms with Crippen LogP contribution in [-0.2, 0) is 0 Å². The molecule has 1 N–H and O–H groups in total. The maximum atomic E-state index is 3.71. The first-order valence-corrected chi connectivity index (χ1v) is 7.64. The molecule has 0 aromatic rings. The molecule has 1 saturated heterocycles. The molecule has 2 unspecified atom stereocenters. The highest BCUT2D eigenvalue weighted by Crippen LogP contribution is 2.25. The summed E-state index contributed by atoms with van der Waals surface area (Å²) in [6.07, 6.45) is 2.56. The van der Waals surface area contributed by atoms with Gasteiger partial charge >= 0.3 is 0 Å². The summed E-state index contributed by atoms with van der Waals surface area (Å²) in [6.45, 7) is 20.0. The highest BCUT2D eigenvalue weighted by Gasteiger charge is 2.34. The summed E-state index contributed by atoms with van der Waals surface area (Å²) < 4.78 is 0. The molecular weight excluding hydrogens is 220 g/mol. The molecule has 0 aliphatic carbocycles. The molecule has 0 radical (unpaired) electrons. The van der Waals surface area contributed by atoms with Crippen molar-refractivity contribution in [1.82, 2.24) is 10.2 Å². The number of rotatable bonds is 4. The van der Waals surface area contributed by atoms with Crippen molar-refractivity contribution >= 4 is 0 Å². The van der Waals surface area contributed by atoms with Gasteiger partial charge in [0.05, 0.1) is 0 Å². The van der Waals surface area contributed by atoms with E-state index in [-0.39, 0.29) is 5.54 Å². The Morgan fingerprint density at radius 3 is 2.44 bits per heavy atom. The Labute approximate surface area is 115 Å². The molecule has 0 bridgehead atoms. The summed E-state index contributed by atoms with van der Waals surface area (Å²) >= 11 is 0. The maximum Gasteiger partial charge on any atom is 0.0252 e. The third-order valence-electron chi connectivity index (χ3n) is 4.31. The van der Waals surface area contributed by atoms with E-state index in [1.807, 2.05) is 0 Å². The molecule has 1 rings (SSSR count). The molecule has 1 aliphatic rings. The lowest BCUT2D eigenvalue weighted by atomic mass is 9.88. The second-order valence-corrected chi connectivity index (χ2v) is 8.00. The van der Waals surface area contributed by atoms with Crippen LogP contribution in [0.4, 0.5) is 0 Å². The molecule has 0 spiro atoms. The Kier molecular flexibility index (Phi) is 5.25. The van der Waals surface area contributed by atoms with Crippen LogP contribution in [0.1, 0.15) is 61.3 Å². The second-order valence-electron chi connectivity index (χ2n) is 8.00. The Balaban J connectivity index is 2.65. The largest absolute Gasteiger partial charge is 0.309 e. The van der Waals surface area contributed by atoms with Gasteiger partial charge in [-0.3, -0.25) is 4.90 Å². The third kappa shape index (κ3) is 4.89. The molecule has 0 aromatic carbocycles. The summed E-state index contributed by atoms with van der Waals surface area (Å²) in [4.78, 5) is 2.73. The van der Waals surface area contributed by atoms with Crippen molar-refractivity contribution in [3.05, 3.63) is 0 Å². The molecule has 0 amide bonds. The lowest BCUT2D eigenvalue weighted by Crippen LogP contribution is -2.63. The predicted molar refractivity (Wildman–Crippen MR) is 81.0 cm³/mol. The molecule has 18 heavy (non-hydrogen) atoms. The quantitative estimate of drug-likeness (QED) is 0.826. The fourth-order valence-corrected chi connectivity index (χ4v) is 2.75. The fourth-order valence-electron chi connectivity index (χ4n) is 2.75. The number of nitrogens with zero attached hydrogens (tertiary/aromatic N) is 1. The zero-order chi connectivity index (χ0) is 14.0. The van der Waals surface area contributed by atoms with Crippen LogP contribution in [0.5, 0.6) is 0 Å². The minimum absolute atomic E-state index is 0.266. The number of piperazine rings is 1. The van der Waals surface area contributed by atoms with E-state index in [1.54, 1.807) is 0 Å². The van der Waals surface area contributed by atoms with Crippen molar-refractivity contribution in [3.8, 4) is 0 Å². The Morgan fingerprint density at radius 1 is 1.33 bits per heavy atom. The summed E-state index contributed by atoms with van der Waals surface area (Å²) in [6, 6.07) is 0.713. The summed E-state index contributed by atoms with van der Waals surface area (Å²) in [5.41, 5.74) is 0.705. The van der Waals surface area contributed by atoms with Gasteiger partial charge in [0.1, 0.15) is 0 Å². The van der Waals surface area contributed by atoms with E-state index in [9.17, 15) is 0 Å². The third-order valence-corrected chi connectivity index (χ3v) is 4.31. The van der Waals surface area contributed by atoms with Gasteiger partial charge in [0.2, 0.25) is 0 Å². The molecule has 1 heterocycles. The molecule has 1 aliphatic heterocycles. The maximum absolute atomic E-state index is 3.71. The predicted octanol–water partition coefficient (Wildman–Crippen LogP) is 3.52. The van der Waals surface area contributed by atoms with Gasteiger partial charge in [-0.2, -0.15) is 0 Å². The van der Waals surface area contributed by atoms with Gasteiger partial charge in [0, 0.05) is 24.7 Å². The zero-order valence-corrected chi connectivity index (χ0v) is 13.6. The lowest BCUT2D eigenvalue weighted by molar-refractivity contribution is 0.0546. The summed E-state index contributed by atoms with van der Waals surface area (Å²) in [5.74, 6) is 0.786. The molecule has 2 atom stereocenters. The van der Waals surface area contributed by atoms with E-state index < -0.39 is 0 Å². The van der Waals surface area contributed by atoms with Crippen LogP contribution in [0.25, 0.3) is 0 Å². The van der Waals surface area contributed by atoms with Crippen LogP contribution in [0.3, 0.4) is 0 Å². The first-order valence-electron chi connectivity index (χ1n) is 7.64. The van der Waals surface area contributed by atoms with E-state index in [4.69, 9.17) is 0 Å². The number of hydrogen-bond donors (Lipinski definition) is 1. The normalized spacial score (nSPS) is 27.2. The zero-order valence-electron chi connectivity index (χ0n) is 13.6. The van der Waals surface area contributed by atoms with Crippen molar-refractivity contribution in [2.75, 3.05) is 19.6 Å².